The van der Waals surface area contributed by atoms with E-state index in [2.05, 4.69) is 5.10 Å². The van der Waals surface area contributed by atoms with Crippen LogP contribution in [0.4, 0.5) is 26.3 Å². The lowest BCUT2D eigenvalue weighted by atomic mass is 10.1. The second-order valence-electron chi connectivity index (χ2n) is 4.03. The molecule has 0 N–H and O–H groups in total. The zero-order chi connectivity index (χ0) is 15.7. The van der Waals surface area contributed by atoms with Gasteiger partial charge in [-0.2, -0.15) is 31.4 Å². The monoisotopic (exact) mass is 318 g/mol. The van der Waals surface area contributed by atoms with Gasteiger partial charge in [-0.15, -0.1) is 0 Å². The van der Waals surface area contributed by atoms with Gasteiger partial charge in [0.2, 0.25) is 0 Å². The van der Waals surface area contributed by atoms with Crippen LogP contribution in [0, 0.1) is 0 Å². The fraction of sp³-hybridized carbons (Fsp3) is 0.364. The molecule has 0 bridgehead atoms. The van der Waals surface area contributed by atoms with E-state index < -0.39 is 34.2 Å². The van der Waals surface area contributed by atoms with Gasteiger partial charge in [0.15, 0.2) is 5.17 Å². The van der Waals surface area contributed by atoms with Crippen molar-refractivity contribution >= 4 is 16.8 Å². The molecule has 20 heavy (non-hydrogen) atoms. The average Bonchev–Trinajstić information content (AvgIpc) is 2.25. The van der Waals surface area contributed by atoms with E-state index >= 15 is 0 Å². The maximum absolute atomic E-state index is 12.6. The third-order valence-electron chi connectivity index (χ3n) is 2.11. The molecular weight excluding hydrogens is 310 g/mol. The molecule has 0 atom stereocenters. The number of hydrogen-bond donors (Lipinski definition) is 0. The van der Waals surface area contributed by atoms with Gasteiger partial charge in [0.1, 0.15) is 0 Å². The van der Waals surface area contributed by atoms with E-state index in [1.54, 1.807) is 0 Å². The zero-order valence-corrected chi connectivity index (χ0v) is 11.0. The van der Waals surface area contributed by atoms with Crippen LogP contribution in [0.1, 0.15) is 16.7 Å². The predicted molar refractivity (Wildman–Crippen MR) is 62.5 cm³/mol. The van der Waals surface area contributed by atoms with Crippen molar-refractivity contribution in [3.05, 3.63) is 34.9 Å². The van der Waals surface area contributed by atoms with Gasteiger partial charge in [-0.05, 0) is 18.2 Å². The van der Waals surface area contributed by atoms with Crippen molar-refractivity contribution in [2.24, 2.45) is 5.10 Å². The molecule has 0 aliphatic heterocycles. The fourth-order valence-electron chi connectivity index (χ4n) is 1.31. The maximum atomic E-state index is 12.6. The van der Waals surface area contributed by atoms with E-state index in [1.807, 2.05) is 0 Å². The first-order valence-corrected chi connectivity index (χ1v) is 5.50. The molecule has 0 fully saturated rings. The van der Waals surface area contributed by atoms with E-state index in [4.69, 9.17) is 11.6 Å². The van der Waals surface area contributed by atoms with Gasteiger partial charge < -0.3 is 5.01 Å². The van der Waals surface area contributed by atoms with Gasteiger partial charge in [0.05, 0.1) is 11.1 Å². The van der Waals surface area contributed by atoms with Gasteiger partial charge in [-0.3, -0.25) is 0 Å². The molecule has 0 saturated carbocycles. The normalized spacial score (nSPS) is 13.6. The van der Waals surface area contributed by atoms with Crippen LogP contribution < -0.4 is 0 Å². The molecule has 0 amide bonds. The molecule has 1 aromatic rings. The highest BCUT2D eigenvalue weighted by molar-refractivity contribution is 6.69. The number of alkyl halides is 6. The molecule has 0 saturated heterocycles. The van der Waals surface area contributed by atoms with Crippen LogP contribution in [0.5, 0.6) is 0 Å². The minimum atomic E-state index is -4.91. The van der Waals surface area contributed by atoms with Crippen molar-refractivity contribution < 1.29 is 26.3 Å². The molecule has 0 unspecified atom stereocenters. The standard InChI is InChI=1S/C11H9ClF6N2/c1-20(2)19-9(12)6-3-7(10(13,14)15)5-8(4-6)11(16,17)18/h3-5H,1-2H3. The summed E-state index contributed by atoms with van der Waals surface area (Å²) in [6, 6.07) is 1.07. The molecule has 1 aromatic carbocycles. The van der Waals surface area contributed by atoms with Crippen LogP contribution >= 0.6 is 11.6 Å². The molecule has 0 aliphatic carbocycles. The smallest absolute Gasteiger partial charge is 0.302 e. The Bertz CT molecular complexity index is 486. The zero-order valence-electron chi connectivity index (χ0n) is 10.3. The van der Waals surface area contributed by atoms with Crippen molar-refractivity contribution in [1.29, 1.82) is 0 Å². The lowest BCUT2D eigenvalue weighted by Crippen LogP contribution is -2.13. The highest BCUT2D eigenvalue weighted by Gasteiger charge is 2.37. The van der Waals surface area contributed by atoms with Crippen LogP contribution in [-0.2, 0) is 12.4 Å². The number of nitrogens with zero attached hydrogens (tertiary/aromatic N) is 2. The molecule has 1 rings (SSSR count). The second-order valence-corrected chi connectivity index (χ2v) is 4.39. The summed E-state index contributed by atoms with van der Waals surface area (Å²) in [5.74, 6) is 0. The maximum Gasteiger partial charge on any atom is 0.416 e. The molecule has 0 spiro atoms. The summed E-state index contributed by atoms with van der Waals surface area (Å²) in [6.45, 7) is 0. The van der Waals surface area contributed by atoms with Gasteiger partial charge in [-0.1, -0.05) is 11.6 Å². The summed E-state index contributed by atoms with van der Waals surface area (Å²) in [7, 11) is 2.86. The summed E-state index contributed by atoms with van der Waals surface area (Å²) < 4.78 is 75.6. The Balaban J connectivity index is 3.46. The summed E-state index contributed by atoms with van der Waals surface area (Å²) >= 11 is 5.62. The first-order valence-electron chi connectivity index (χ1n) is 5.12. The number of rotatable bonds is 2. The number of hydrogen-bond acceptors (Lipinski definition) is 2. The minimum absolute atomic E-state index is 0.0311. The number of halogens is 7. The molecule has 0 radical (unpaired) electrons. The molecule has 0 aliphatic rings. The first-order chi connectivity index (χ1) is 8.91. The first kappa shape index (κ1) is 16.6. The summed E-state index contributed by atoms with van der Waals surface area (Å²) in [5.41, 5.74) is -3.33. The second kappa shape index (κ2) is 5.51. The third-order valence-corrected chi connectivity index (χ3v) is 2.41. The van der Waals surface area contributed by atoms with Gasteiger partial charge in [0, 0.05) is 19.7 Å². The number of benzene rings is 1. The minimum Gasteiger partial charge on any atom is -0.302 e. The van der Waals surface area contributed by atoms with Crippen molar-refractivity contribution in [3.8, 4) is 0 Å². The van der Waals surface area contributed by atoms with Crippen LogP contribution in [0.15, 0.2) is 23.3 Å². The van der Waals surface area contributed by atoms with Crippen LogP contribution in [0.25, 0.3) is 0 Å². The predicted octanol–water partition coefficient (Wildman–Crippen LogP) is 4.19. The quantitative estimate of drug-likeness (QED) is 0.453. The molecule has 112 valence electrons. The SMILES string of the molecule is CN(C)N=C(Cl)c1cc(C(F)(F)F)cc(C(F)(F)F)c1. The topological polar surface area (TPSA) is 15.6 Å². The van der Waals surface area contributed by atoms with Crippen molar-refractivity contribution in [3.63, 3.8) is 0 Å². The average molecular weight is 319 g/mol. The molecule has 0 aromatic heterocycles. The van der Waals surface area contributed by atoms with Crippen LogP contribution in [0.3, 0.4) is 0 Å². The van der Waals surface area contributed by atoms with Gasteiger partial charge in [-0.25, -0.2) is 0 Å². The third kappa shape index (κ3) is 4.29. The van der Waals surface area contributed by atoms with Crippen molar-refractivity contribution in [1.82, 2.24) is 5.01 Å². The largest absolute Gasteiger partial charge is 0.416 e. The highest BCUT2D eigenvalue weighted by Crippen LogP contribution is 2.36. The Morgan fingerprint density at radius 2 is 1.35 bits per heavy atom. The Hall–Kier alpha value is -1.44. The summed E-state index contributed by atoms with van der Waals surface area (Å²) in [6.07, 6.45) is -9.82. The van der Waals surface area contributed by atoms with Crippen LogP contribution in [-0.4, -0.2) is 24.3 Å². The Kier molecular flexibility index (Phi) is 4.58. The fourth-order valence-corrected chi connectivity index (χ4v) is 1.57. The lowest BCUT2D eigenvalue weighted by molar-refractivity contribution is -0.143. The van der Waals surface area contributed by atoms with Crippen LogP contribution in [0.2, 0.25) is 0 Å². The van der Waals surface area contributed by atoms with E-state index in [1.165, 1.54) is 14.1 Å². The Morgan fingerprint density at radius 1 is 0.950 bits per heavy atom. The lowest BCUT2D eigenvalue weighted by Gasteiger charge is -2.14. The Labute approximate surface area is 115 Å². The summed E-state index contributed by atoms with van der Waals surface area (Å²) in [4.78, 5) is 0. The van der Waals surface area contributed by atoms with Gasteiger partial charge in [0.25, 0.3) is 0 Å². The van der Waals surface area contributed by atoms with Crippen molar-refractivity contribution in [2.75, 3.05) is 14.1 Å². The highest BCUT2D eigenvalue weighted by atomic mass is 35.5. The van der Waals surface area contributed by atoms with Gasteiger partial charge >= 0.3 is 12.4 Å². The Morgan fingerprint density at radius 3 is 1.65 bits per heavy atom. The van der Waals surface area contributed by atoms with E-state index in [-0.39, 0.29) is 6.07 Å². The number of hydrazone groups is 1. The van der Waals surface area contributed by atoms with E-state index in [9.17, 15) is 26.3 Å². The van der Waals surface area contributed by atoms with E-state index in [0.717, 1.165) is 5.01 Å². The van der Waals surface area contributed by atoms with Crippen molar-refractivity contribution in [2.45, 2.75) is 12.4 Å². The summed E-state index contributed by atoms with van der Waals surface area (Å²) in [5, 5.41) is 4.27. The molecule has 2 nitrogen and oxygen atoms in total. The molecule has 0 heterocycles. The molecule has 9 heteroatoms. The van der Waals surface area contributed by atoms with E-state index in [0.29, 0.717) is 12.1 Å². The molecular formula is C11H9ClF6N2.